The summed E-state index contributed by atoms with van der Waals surface area (Å²) in [5.74, 6) is 0.683. The Bertz CT molecular complexity index is 812. The quantitative estimate of drug-likeness (QED) is 0.370. The third-order valence-electron chi connectivity index (χ3n) is 4.23. The number of hydrogen-bond donors (Lipinski definition) is 1. The third kappa shape index (κ3) is 5.80. The molecule has 1 aliphatic rings. The number of alkyl halides is 3. The molecule has 0 spiro atoms. The summed E-state index contributed by atoms with van der Waals surface area (Å²) in [6, 6.07) is 5.31. The van der Waals surface area contributed by atoms with Gasteiger partial charge in [0.15, 0.2) is 5.96 Å². The number of hydrogen-bond acceptors (Lipinski definition) is 4. The zero-order valence-electron chi connectivity index (χ0n) is 15.5. The second kappa shape index (κ2) is 9.88. The molecule has 1 aromatic carbocycles. The molecule has 0 radical (unpaired) electrons. The lowest BCUT2D eigenvalue weighted by atomic mass is 10.0. The second-order valence-corrected chi connectivity index (χ2v) is 7.15. The molecule has 1 fully saturated rings. The van der Waals surface area contributed by atoms with E-state index >= 15 is 0 Å². The first kappa shape index (κ1) is 22.9. The first-order chi connectivity index (χ1) is 12.9. The van der Waals surface area contributed by atoms with E-state index < -0.39 is 17.8 Å². The van der Waals surface area contributed by atoms with Crippen molar-refractivity contribution in [3.63, 3.8) is 0 Å². The fourth-order valence-corrected chi connectivity index (χ4v) is 3.64. The first-order valence-electron chi connectivity index (χ1n) is 8.52. The molecule has 0 amide bonds. The van der Waals surface area contributed by atoms with E-state index in [9.17, 15) is 13.2 Å². The molecule has 0 saturated carbocycles. The highest BCUT2D eigenvalue weighted by molar-refractivity contribution is 14.0. The number of nitrogens with one attached hydrogen (secondary N) is 1. The topological polar surface area (TPSA) is 49.8 Å². The fraction of sp³-hybridized carbons (Fsp3) is 0.444. The molecular formula is C18H22F3IN4OS. The summed E-state index contributed by atoms with van der Waals surface area (Å²) < 4.78 is 44.6. The summed E-state index contributed by atoms with van der Waals surface area (Å²) in [6.07, 6.45) is -4.81. The number of aromatic nitrogens is 1. The van der Waals surface area contributed by atoms with Gasteiger partial charge in [0.2, 0.25) is 0 Å². The van der Waals surface area contributed by atoms with E-state index in [1.165, 1.54) is 6.07 Å². The first-order valence-corrected chi connectivity index (χ1v) is 9.40. The average Bonchev–Trinajstić information content (AvgIpc) is 3.07. The Morgan fingerprint density at radius 1 is 1.43 bits per heavy atom. The number of aryl methyl sites for hydroxylation is 1. The van der Waals surface area contributed by atoms with Crippen LogP contribution in [-0.4, -0.2) is 42.6 Å². The van der Waals surface area contributed by atoms with E-state index in [2.05, 4.69) is 15.3 Å². The van der Waals surface area contributed by atoms with Crippen LogP contribution in [0.5, 0.6) is 0 Å². The molecule has 2 heterocycles. The van der Waals surface area contributed by atoms with Gasteiger partial charge in [0.05, 0.1) is 25.3 Å². The van der Waals surface area contributed by atoms with Gasteiger partial charge < -0.3 is 15.0 Å². The summed E-state index contributed by atoms with van der Waals surface area (Å²) in [7, 11) is 1.68. The molecule has 1 aliphatic heterocycles. The lowest BCUT2D eigenvalue weighted by Crippen LogP contribution is -2.48. The molecule has 1 aromatic heterocycles. The van der Waals surface area contributed by atoms with Crippen molar-refractivity contribution in [1.82, 2.24) is 15.2 Å². The van der Waals surface area contributed by atoms with E-state index in [1.54, 1.807) is 24.5 Å². The van der Waals surface area contributed by atoms with E-state index in [1.807, 2.05) is 17.2 Å². The van der Waals surface area contributed by atoms with Gasteiger partial charge >= 0.3 is 6.18 Å². The van der Waals surface area contributed by atoms with Crippen LogP contribution in [0.2, 0.25) is 0 Å². The molecule has 1 unspecified atom stereocenters. The van der Waals surface area contributed by atoms with Crippen molar-refractivity contribution in [3.8, 4) is 0 Å². The Balaban J connectivity index is 0.00000280. The molecule has 0 bridgehead atoms. The largest absolute Gasteiger partial charge is 0.416 e. The number of benzene rings is 1. The lowest BCUT2D eigenvalue weighted by molar-refractivity contribution is -0.137. The number of halogens is 4. The average molecular weight is 526 g/mol. The zero-order chi connectivity index (χ0) is 19.4. The number of aliphatic imine (C=N–C) groups is 1. The molecule has 154 valence electrons. The number of morpholine rings is 1. The predicted molar refractivity (Wildman–Crippen MR) is 114 cm³/mol. The number of ether oxygens (including phenoxy) is 1. The van der Waals surface area contributed by atoms with Gasteiger partial charge in [-0.25, -0.2) is 4.98 Å². The van der Waals surface area contributed by atoms with Crippen LogP contribution in [0, 0.1) is 6.92 Å². The van der Waals surface area contributed by atoms with Gasteiger partial charge in [0.25, 0.3) is 0 Å². The number of thiazole rings is 1. The van der Waals surface area contributed by atoms with Crippen molar-refractivity contribution in [2.24, 2.45) is 4.99 Å². The van der Waals surface area contributed by atoms with E-state index in [4.69, 9.17) is 4.74 Å². The minimum Gasteiger partial charge on any atom is -0.370 e. The maximum absolute atomic E-state index is 13.0. The van der Waals surface area contributed by atoms with Crippen LogP contribution in [0.25, 0.3) is 0 Å². The normalized spacial score (nSPS) is 18.0. The fourth-order valence-electron chi connectivity index (χ4n) is 2.93. The summed E-state index contributed by atoms with van der Waals surface area (Å²) in [6.45, 7) is 3.95. The Hall–Kier alpha value is -1.40. The second-order valence-electron chi connectivity index (χ2n) is 6.21. The Morgan fingerprint density at radius 3 is 2.86 bits per heavy atom. The molecule has 1 saturated heterocycles. The molecule has 0 aliphatic carbocycles. The van der Waals surface area contributed by atoms with E-state index in [0.717, 1.165) is 22.8 Å². The highest BCUT2D eigenvalue weighted by Gasteiger charge is 2.32. The zero-order valence-corrected chi connectivity index (χ0v) is 18.6. The Morgan fingerprint density at radius 2 is 2.21 bits per heavy atom. The number of guanidine groups is 1. The van der Waals surface area contributed by atoms with Crippen LogP contribution in [-0.2, 0) is 17.5 Å². The molecule has 3 rings (SSSR count). The van der Waals surface area contributed by atoms with Gasteiger partial charge in [-0.2, -0.15) is 13.2 Å². The van der Waals surface area contributed by atoms with Crippen LogP contribution in [0.15, 0.2) is 34.6 Å². The Labute approximate surface area is 183 Å². The van der Waals surface area contributed by atoms with Gasteiger partial charge in [-0.1, -0.05) is 12.1 Å². The van der Waals surface area contributed by atoms with Crippen LogP contribution >= 0.6 is 35.3 Å². The van der Waals surface area contributed by atoms with Crippen LogP contribution in [0.4, 0.5) is 13.2 Å². The van der Waals surface area contributed by atoms with Crippen LogP contribution in [0.1, 0.15) is 27.9 Å². The Kier molecular flexibility index (Phi) is 8.07. The van der Waals surface area contributed by atoms with Crippen molar-refractivity contribution in [2.45, 2.75) is 25.7 Å². The summed E-state index contributed by atoms with van der Waals surface area (Å²) in [5, 5.41) is 6.20. The molecule has 28 heavy (non-hydrogen) atoms. The van der Waals surface area contributed by atoms with Crippen molar-refractivity contribution in [1.29, 1.82) is 0 Å². The van der Waals surface area contributed by atoms with Crippen LogP contribution in [0.3, 0.4) is 0 Å². The molecule has 2 aromatic rings. The lowest BCUT2D eigenvalue weighted by Gasteiger charge is -2.35. The maximum Gasteiger partial charge on any atom is 0.416 e. The van der Waals surface area contributed by atoms with Crippen molar-refractivity contribution in [2.75, 3.05) is 26.7 Å². The smallest absolute Gasteiger partial charge is 0.370 e. The van der Waals surface area contributed by atoms with Gasteiger partial charge in [-0.05, 0) is 24.6 Å². The summed E-state index contributed by atoms with van der Waals surface area (Å²) in [4.78, 5) is 10.7. The van der Waals surface area contributed by atoms with Crippen LogP contribution < -0.4 is 5.32 Å². The maximum atomic E-state index is 13.0. The SMILES string of the molecule is CN=C(NCc1nc(C)cs1)N1CCOC(c2cccc(C(F)(F)F)c2)C1.I. The minimum atomic E-state index is -4.37. The standard InChI is InChI=1S/C18H21F3N4OS.HI/c1-12-11-27-16(24-12)9-23-17(22-2)25-6-7-26-15(10-25)13-4-3-5-14(8-13)18(19,20)21;/h3-5,8,11,15H,6-7,9-10H2,1-2H3,(H,22,23);1H. The monoisotopic (exact) mass is 526 g/mol. The molecule has 1 atom stereocenters. The summed E-state index contributed by atoms with van der Waals surface area (Å²) in [5.41, 5.74) is 0.825. The van der Waals surface area contributed by atoms with Gasteiger partial charge in [0.1, 0.15) is 11.1 Å². The summed E-state index contributed by atoms with van der Waals surface area (Å²) >= 11 is 1.57. The molecular weight excluding hydrogens is 504 g/mol. The number of rotatable bonds is 3. The predicted octanol–water partition coefficient (Wildman–Crippen LogP) is 4.24. The van der Waals surface area contributed by atoms with Crippen molar-refractivity contribution >= 4 is 41.3 Å². The highest BCUT2D eigenvalue weighted by Crippen LogP contribution is 2.32. The van der Waals surface area contributed by atoms with Gasteiger partial charge in [0, 0.05) is 24.7 Å². The minimum absolute atomic E-state index is 0. The number of nitrogens with zero attached hydrogens (tertiary/aromatic N) is 3. The van der Waals surface area contributed by atoms with Crippen molar-refractivity contribution in [3.05, 3.63) is 51.5 Å². The van der Waals surface area contributed by atoms with E-state index in [-0.39, 0.29) is 24.0 Å². The van der Waals surface area contributed by atoms with E-state index in [0.29, 0.717) is 37.8 Å². The molecule has 5 nitrogen and oxygen atoms in total. The molecule has 10 heteroatoms. The van der Waals surface area contributed by atoms with Gasteiger partial charge in [-0.15, -0.1) is 35.3 Å². The molecule has 1 N–H and O–H groups in total. The van der Waals surface area contributed by atoms with Crippen molar-refractivity contribution < 1.29 is 17.9 Å². The third-order valence-corrected chi connectivity index (χ3v) is 5.19. The highest BCUT2D eigenvalue weighted by atomic mass is 127. The van der Waals surface area contributed by atoms with Gasteiger partial charge in [-0.3, -0.25) is 4.99 Å².